The molecule has 0 fully saturated rings. The number of ether oxygens (including phenoxy) is 4. The summed E-state index contributed by atoms with van der Waals surface area (Å²) in [5.74, 6) is 2.38. The number of pyridine rings is 1. The molecule has 4 aromatic rings. The van der Waals surface area contributed by atoms with Crippen molar-refractivity contribution in [2.24, 2.45) is 0 Å². The van der Waals surface area contributed by atoms with Crippen LogP contribution < -0.4 is 14.2 Å². The number of aromatic nitrogens is 1. The molecular formula is C28H27NO4. The van der Waals surface area contributed by atoms with Crippen LogP contribution >= 0.6 is 0 Å². The topological polar surface area (TPSA) is 49.8 Å². The molecule has 0 saturated heterocycles. The Bertz CT molecular complexity index is 1160. The number of rotatable bonds is 10. The molecule has 5 nitrogen and oxygen atoms in total. The second-order valence-electron chi connectivity index (χ2n) is 7.39. The van der Waals surface area contributed by atoms with E-state index in [-0.39, 0.29) is 0 Å². The summed E-state index contributed by atoms with van der Waals surface area (Å²) >= 11 is 0. The van der Waals surface area contributed by atoms with Crippen LogP contribution in [0.1, 0.15) is 5.56 Å². The van der Waals surface area contributed by atoms with Crippen molar-refractivity contribution in [1.82, 2.24) is 4.98 Å². The maximum atomic E-state index is 6.23. The van der Waals surface area contributed by atoms with Gasteiger partial charge in [-0.25, -0.2) is 0 Å². The van der Waals surface area contributed by atoms with Gasteiger partial charge >= 0.3 is 0 Å². The third-order valence-electron chi connectivity index (χ3n) is 5.25. The summed E-state index contributed by atoms with van der Waals surface area (Å²) in [5.41, 5.74) is 4.93. The van der Waals surface area contributed by atoms with Crippen LogP contribution in [0.3, 0.4) is 0 Å². The molecule has 3 aromatic carbocycles. The van der Waals surface area contributed by atoms with Crippen molar-refractivity contribution in [2.75, 3.05) is 27.4 Å². The van der Waals surface area contributed by atoms with Gasteiger partial charge in [0.15, 0.2) is 0 Å². The highest BCUT2D eigenvalue weighted by Crippen LogP contribution is 2.32. The van der Waals surface area contributed by atoms with Gasteiger partial charge in [0.1, 0.15) is 30.5 Å². The van der Waals surface area contributed by atoms with Gasteiger partial charge in [0, 0.05) is 24.4 Å². The maximum Gasteiger partial charge on any atom is 0.129 e. The van der Waals surface area contributed by atoms with Crippen molar-refractivity contribution in [3.8, 4) is 39.6 Å². The van der Waals surface area contributed by atoms with Crippen LogP contribution in [-0.4, -0.2) is 32.4 Å². The first-order chi connectivity index (χ1) is 16.3. The highest BCUT2D eigenvalue weighted by atomic mass is 16.5. The molecule has 0 atom stereocenters. The lowest BCUT2D eigenvalue weighted by Gasteiger charge is -2.16. The van der Waals surface area contributed by atoms with Crippen LogP contribution in [-0.2, 0) is 11.3 Å². The molecule has 0 aliphatic rings. The van der Waals surface area contributed by atoms with E-state index in [1.165, 1.54) is 0 Å². The average Bonchev–Trinajstić information content (AvgIpc) is 2.89. The minimum Gasteiger partial charge on any atom is -0.497 e. The van der Waals surface area contributed by atoms with E-state index in [2.05, 4.69) is 11.1 Å². The first kappa shape index (κ1) is 22.4. The molecule has 168 valence electrons. The number of hydrogen-bond donors (Lipinski definition) is 0. The Balaban J connectivity index is 1.58. The van der Waals surface area contributed by atoms with Gasteiger partial charge in [-0.2, -0.15) is 0 Å². The predicted molar refractivity (Wildman–Crippen MR) is 130 cm³/mol. The largest absolute Gasteiger partial charge is 0.497 e. The number of nitrogens with zero attached hydrogens (tertiary/aromatic N) is 1. The molecule has 0 unspecified atom stereocenters. The number of benzene rings is 3. The standard InChI is InChI=1S/C28H27NO4/c1-30-17-18-32-28-19-22(21-12-14-24(31-2)15-13-21)10-11-23(28)20-33-27-9-4-3-7-25(27)26-8-5-6-16-29-26/h3-16,19H,17-18,20H2,1-2H3. The highest BCUT2D eigenvalue weighted by molar-refractivity contribution is 5.68. The number of hydrogen-bond acceptors (Lipinski definition) is 5. The molecule has 0 bridgehead atoms. The molecular weight excluding hydrogens is 414 g/mol. The molecule has 4 rings (SSSR count). The van der Waals surface area contributed by atoms with Crippen LogP contribution in [0.25, 0.3) is 22.4 Å². The lowest BCUT2D eigenvalue weighted by molar-refractivity contribution is 0.144. The Labute approximate surface area is 194 Å². The zero-order valence-corrected chi connectivity index (χ0v) is 18.9. The molecule has 0 radical (unpaired) electrons. The Morgan fingerprint density at radius 1 is 0.697 bits per heavy atom. The molecule has 0 spiro atoms. The molecule has 0 saturated carbocycles. The van der Waals surface area contributed by atoms with Gasteiger partial charge < -0.3 is 18.9 Å². The Kier molecular flexibility index (Phi) is 7.56. The summed E-state index contributed by atoms with van der Waals surface area (Å²) in [6.07, 6.45) is 1.78. The molecule has 33 heavy (non-hydrogen) atoms. The van der Waals surface area contributed by atoms with Gasteiger partial charge in [0.2, 0.25) is 0 Å². The van der Waals surface area contributed by atoms with Crippen molar-refractivity contribution < 1.29 is 18.9 Å². The van der Waals surface area contributed by atoms with Crippen LogP contribution in [0, 0.1) is 0 Å². The van der Waals surface area contributed by atoms with E-state index in [1.807, 2.05) is 78.9 Å². The molecule has 0 N–H and O–H groups in total. The van der Waals surface area contributed by atoms with Gasteiger partial charge in [-0.05, 0) is 53.6 Å². The van der Waals surface area contributed by atoms with Crippen LogP contribution in [0.2, 0.25) is 0 Å². The Hall–Kier alpha value is -3.83. The van der Waals surface area contributed by atoms with Crippen LogP contribution in [0.4, 0.5) is 0 Å². The summed E-state index contributed by atoms with van der Waals surface area (Å²) in [5, 5.41) is 0. The summed E-state index contributed by atoms with van der Waals surface area (Å²) in [6.45, 7) is 1.34. The lowest BCUT2D eigenvalue weighted by Crippen LogP contribution is -2.07. The van der Waals surface area contributed by atoms with Crippen molar-refractivity contribution in [3.05, 3.63) is 96.7 Å². The molecule has 5 heteroatoms. The monoisotopic (exact) mass is 441 g/mol. The van der Waals surface area contributed by atoms with Gasteiger partial charge in [-0.15, -0.1) is 0 Å². The maximum absolute atomic E-state index is 6.23. The van der Waals surface area contributed by atoms with E-state index in [4.69, 9.17) is 18.9 Å². The highest BCUT2D eigenvalue weighted by Gasteiger charge is 2.11. The predicted octanol–water partition coefficient (Wildman–Crippen LogP) is 6.03. The van der Waals surface area contributed by atoms with Crippen molar-refractivity contribution in [2.45, 2.75) is 6.61 Å². The van der Waals surface area contributed by atoms with Gasteiger partial charge in [-0.1, -0.05) is 42.5 Å². The fraction of sp³-hybridized carbons (Fsp3) is 0.179. The number of para-hydroxylation sites is 1. The second-order valence-corrected chi connectivity index (χ2v) is 7.39. The van der Waals surface area contributed by atoms with Crippen LogP contribution in [0.15, 0.2) is 91.1 Å². The third kappa shape index (κ3) is 5.70. The van der Waals surface area contributed by atoms with Gasteiger partial charge in [0.05, 0.1) is 19.4 Å². The molecule has 0 aliphatic carbocycles. The minimum atomic E-state index is 0.370. The SMILES string of the molecule is COCCOc1cc(-c2ccc(OC)cc2)ccc1COc1ccccc1-c1ccccn1. The summed E-state index contributed by atoms with van der Waals surface area (Å²) in [7, 11) is 3.33. The fourth-order valence-corrected chi connectivity index (χ4v) is 3.49. The molecule has 0 aliphatic heterocycles. The van der Waals surface area contributed by atoms with E-state index in [9.17, 15) is 0 Å². The smallest absolute Gasteiger partial charge is 0.129 e. The molecule has 1 heterocycles. The fourth-order valence-electron chi connectivity index (χ4n) is 3.49. The van der Waals surface area contributed by atoms with E-state index in [1.54, 1.807) is 20.4 Å². The second kappa shape index (κ2) is 11.2. The summed E-state index contributed by atoms with van der Waals surface area (Å²) in [6, 6.07) is 27.9. The molecule has 0 amide bonds. The van der Waals surface area contributed by atoms with E-state index >= 15 is 0 Å². The van der Waals surface area contributed by atoms with E-state index in [0.717, 1.165) is 45.2 Å². The summed E-state index contributed by atoms with van der Waals surface area (Å²) < 4.78 is 22.7. The third-order valence-corrected chi connectivity index (χ3v) is 5.25. The van der Waals surface area contributed by atoms with Crippen molar-refractivity contribution >= 4 is 0 Å². The zero-order valence-electron chi connectivity index (χ0n) is 18.9. The Morgan fingerprint density at radius 3 is 2.24 bits per heavy atom. The number of methoxy groups -OCH3 is 2. The van der Waals surface area contributed by atoms with Gasteiger partial charge in [-0.3, -0.25) is 4.98 Å². The Morgan fingerprint density at radius 2 is 1.48 bits per heavy atom. The van der Waals surface area contributed by atoms with Crippen molar-refractivity contribution in [3.63, 3.8) is 0 Å². The molecule has 1 aromatic heterocycles. The van der Waals surface area contributed by atoms with E-state index < -0.39 is 0 Å². The minimum absolute atomic E-state index is 0.370. The van der Waals surface area contributed by atoms with Crippen molar-refractivity contribution in [1.29, 1.82) is 0 Å². The van der Waals surface area contributed by atoms with Crippen LogP contribution in [0.5, 0.6) is 17.2 Å². The lowest BCUT2D eigenvalue weighted by atomic mass is 10.0. The van der Waals surface area contributed by atoms with Gasteiger partial charge in [0.25, 0.3) is 0 Å². The normalized spacial score (nSPS) is 10.6. The first-order valence-corrected chi connectivity index (χ1v) is 10.8. The quantitative estimate of drug-likeness (QED) is 0.281. The first-order valence-electron chi connectivity index (χ1n) is 10.8. The average molecular weight is 442 g/mol. The van der Waals surface area contributed by atoms with E-state index in [0.29, 0.717) is 19.8 Å². The summed E-state index contributed by atoms with van der Waals surface area (Å²) in [4.78, 5) is 4.46. The zero-order chi connectivity index (χ0) is 22.9.